The Labute approximate surface area is 187 Å². The monoisotopic (exact) mass is 483 g/mol. The molecule has 4 rings (SSSR count). The summed E-state index contributed by atoms with van der Waals surface area (Å²) in [5.41, 5.74) is 7.28. The summed E-state index contributed by atoms with van der Waals surface area (Å²) < 4.78 is 14.2. The number of primary amides is 1. The van der Waals surface area contributed by atoms with Gasteiger partial charge in [-0.3, -0.25) is 19.9 Å². The molecule has 0 unspecified atom stereocenters. The largest absolute Gasteiger partial charge is 0.368 e. The molecule has 0 aliphatic carbocycles. The lowest BCUT2D eigenvalue weighted by molar-refractivity contribution is -0.119. The Balaban J connectivity index is 1.53. The number of benzene rings is 1. The van der Waals surface area contributed by atoms with Crippen LogP contribution in [0.1, 0.15) is 6.42 Å². The molecule has 1 aliphatic rings. The molecule has 0 saturated heterocycles. The minimum absolute atomic E-state index is 0.0166. The van der Waals surface area contributed by atoms with E-state index in [9.17, 15) is 14.0 Å². The zero-order valence-electron chi connectivity index (χ0n) is 14.9. The van der Waals surface area contributed by atoms with E-state index in [-0.39, 0.29) is 12.1 Å². The first kappa shape index (κ1) is 20.7. The number of rotatable bonds is 5. The summed E-state index contributed by atoms with van der Waals surface area (Å²) >= 11 is 14.6. The van der Waals surface area contributed by atoms with Gasteiger partial charge in [-0.2, -0.15) is 5.10 Å². The van der Waals surface area contributed by atoms with Crippen LogP contribution in [0.25, 0.3) is 11.3 Å². The maximum absolute atomic E-state index is 13.2. The van der Waals surface area contributed by atoms with E-state index in [1.165, 1.54) is 51.9 Å². The van der Waals surface area contributed by atoms with E-state index < -0.39 is 23.7 Å². The summed E-state index contributed by atoms with van der Waals surface area (Å²) in [6, 6.07) is 6.24. The fourth-order valence-corrected chi connectivity index (χ4v) is 5.03. The third kappa shape index (κ3) is 4.17. The van der Waals surface area contributed by atoms with Gasteiger partial charge < -0.3 is 5.73 Å². The molecular weight excluding hydrogens is 472 g/mol. The number of aromatic nitrogens is 1. The van der Waals surface area contributed by atoms with Crippen LogP contribution in [0.5, 0.6) is 0 Å². The van der Waals surface area contributed by atoms with Gasteiger partial charge in [0, 0.05) is 17.4 Å². The zero-order chi connectivity index (χ0) is 21.4. The lowest BCUT2D eigenvalue weighted by Gasteiger charge is -2.20. The highest BCUT2D eigenvalue weighted by molar-refractivity contribution is 7.20. The topological polar surface area (TPSA) is 101 Å². The van der Waals surface area contributed by atoms with Crippen LogP contribution in [0.2, 0.25) is 8.67 Å². The van der Waals surface area contributed by atoms with Gasteiger partial charge in [-0.25, -0.2) is 9.37 Å². The van der Waals surface area contributed by atoms with Crippen LogP contribution in [-0.4, -0.2) is 28.6 Å². The zero-order valence-corrected chi connectivity index (χ0v) is 18.1. The van der Waals surface area contributed by atoms with Crippen LogP contribution in [0.3, 0.4) is 0 Å². The second kappa shape index (κ2) is 8.31. The minimum Gasteiger partial charge on any atom is -0.368 e. The first-order chi connectivity index (χ1) is 14.3. The number of nitrogens with zero attached hydrogens (tertiary/aromatic N) is 3. The summed E-state index contributed by atoms with van der Waals surface area (Å²) in [6.07, 6.45) is 0.0166. The Hall–Kier alpha value is -2.53. The molecule has 0 saturated carbocycles. The van der Waals surface area contributed by atoms with E-state index >= 15 is 0 Å². The predicted octanol–water partition coefficient (Wildman–Crippen LogP) is 4.38. The van der Waals surface area contributed by atoms with Crippen LogP contribution in [0, 0.1) is 5.82 Å². The average Bonchev–Trinajstić information content (AvgIpc) is 3.40. The van der Waals surface area contributed by atoms with E-state index in [2.05, 4.69) is 15.4 Å². The molecule has 30 heavy (non-hydrogen) atoms. The van der Waals surface area contributed by atoms with Crippen LogP contribution in [-0.2, 0) is 9.59 Å². The number of halogens is 3. The Bertz CT molecular complexity index is 1160. The van der Waals surface area contributed by atoms with Crippen molar-refractivity contribution in [1.82, 2.24) is 4.98 Å². The highest BCUT2D eigenvalue weighted by atomic mass is 35.5. The summed E-state index contributed by atoms with van der Waals surface area (Å²) in [5.74, 6) is -1.59. The molecule has 3 heterocycles. The molecule has 1 aromatic carbocycles. The molecule has 1 atom stereocenters. The quantitative estimate of drug-likeness (QED) is 0.562. The van der Waals surface area contributed by atoms with Crippen molar-refractivity contribution in [2.45, 2.75) is 12.5 Å². The Morgan fingerprint density at radius 2 is 2.00 bits per heavy atom. The van der Waals surface area contributed by atoms with Gasteiger partial charge in [0.15, 0.2) is 5.13 Å². The smallest absolute Gasteiger partial charge is 0.273 e. The van der Waals surface area contributed by atoms with Crippen LogP contribution < -0.4 is 16.1 Å². The van der Waals surface area contributed by atoms with Crippen LogP contribution in [0.15, 0.2) is 40.8 Å². The van der Waals surface area contributed by atoms with E-state index in [0.29, 0.717) is 30.7 Å². The normalized spacial score (nSPS) is 15.9. The Kier molecular flexibility index (Phi) is 5.74. The third-order valence-electron chi connectivity index (χ3n) is 4.25. The van der Waals surface area contributed by atoms with Gasteiger partial charge in [0.05, 0.1) is 15.7 Å². The second-order valence-corrected chi connectivity index (χ2v) is 9.36. The van der Waals surface area contributed by atoms with Gasteiger partial charge in [0.2, 0.25) is 5.91 Å². The first-order valence-corrected chi connectivity index (χ1v) is 10.9. The van der Waals surface area contributed by atoms with Crippen molar-refractivity contribution in [2.75, 3.05) is 10.3 Å². The number of carbonyl (C=O) groups is 2. The van der Waals surface area contributed by atoms with Crippen molar-refractivity contribution < 1.29 is 14.0 Å². The summed E-state index contributed by atoms with van der Waals surface area (Å²) in [6.45, 7) is 0. The van der Waals surface area contributed by atoms with Crippen molar-refractivity contribution >= 4 is 74.2 Å². The van der Waals surface area contributed by atoms with Gasteiger partial charge in [0.25, 0.3) is 5.91 Å². The fourth-order valence-electron chi connectivity index (χ4n) is 2.84. The lowest BCUT2D eigenvalue weighted by Crippen LogP contribution is -2.39. The van der Waals surface area contributed by atoms with Gasteiger partial charge in [-0.1, -0.05) is 23.2 Å². The lowest BCUT2D eigenvalue weighted by atomic mass is 10.1. The Morgan fingerprint density at radius 1 is 1.27 bits per heavy atom. The number of carbonyl (C=O) groups excluding carboxylic acids is 2. The summed E-state index contributed by atoms with van der Waals surface area (Å²) in [5, 5.41) is 10.3. The number of hydrogen-bond donors (Lipinski definition) is 2. The van der Waals surface area contributed by atoms with Gasteiger partial charge in [-0.05, 0) is 30.3 Å². The molecule has 0 fully saturated rings. The number of amides is 2. The maximum atomic E-state index is 13.2. The molecule has 3 N–H and O–H groups in total. The minimum atomic E-state index is -0.852. The fraction of sp³-hybridized carbons (Fsp3) is 0.111. The maximum Gasteiger partial charge on any atom is 0.273 e. The van der Waals surface area contributed by atoms with E-state index in [0.717, 1.165) is 0 Å². The molecule has 0 radical (unpaired) electrons. The van der Waals surface area contributed by atoms with E-state index in [1.54, 1.807) is 11.4 Å². The number of hydrogen-bond acceptors (Lipinski definition) is 7. The molecule has 12 heteroatoms. The summed E-state index contributed by atoms with van der Waals surface area (Å²) in [4.78, 5) is 28.9. The van der Waals surface area contributed by atoms with Crippen molar-refractivity contribution in [2.24, 2.45) is 10.8 Å². The van der Waals surface area contributed by atoms with Crippen molar-refractivity contribution in [1.29, 1.82) is 0 Å². The van der Waals surface area contributed by atoms with Crippen LogP contribution >= 0.6 is 45.9 Å². The molecular formula is C18H12Cl2FN5O2S2. The van der Waals surface area contributed by atoms with E-state index in [4.69, 9.17) is 28.9 Å². The molecule has 7 nitrogen and oxygen atoms in total. The molecule has 154 valence electrons. The van der Waals surface area contributed by atoms with Gasteiger partial charge >= 0.3 is 0 Å². The van der Waals surface area contributed by atoms with Gasteiger partial charge in [0.1, 0.15) is 21.9 Å². The van der Waals surface area contributed by atoms with Crippen molar-refractivity contribution in [3.8, 4) is 11.3 Å². The molecule has 0 bridgehead atoms. The second-order valence-electron chi connectivity index (χ2n) is 6.22. The predicted molar refractivity (Wildman–Crippen MR) is 118 cm³/mol. The molecule has 2 aromatic heterocycles. The number of anilines is 2. The highest BCUT2D eigenvalue weighted by Gasteiger charge is 2.35. The van der Waals surface area contributed by atoms with Crippen molar-refractivity contribution in [3.05, 3.63) is 50.2 Å². The van der Waals surface area contributed by atoms with Gasteiger partial charge in [-0.15, -0.1) is 22.7 Å². The third-order valence-corrected chi connectivity index (χ3v) is 6.49. The van der Waals surface area contributed by atoms with Crippen LogP contribution in [0.4, 0.5) is 15.2 Å². The number of hydrazone groups is 1. The molecule has 2 amide bonds. The molecule has 0 spiro atoms. The highest BCUT2D eigenvalue weighted by Crippen LogP contribution is 2.39. The number of nitrogens with one attached hydrogen (secondary N) is 1. The SMILES string of the molecule is NC(=O)[C@@H]1CC(C(=O)Nc2nc(-c3cc(Cl)sc3Cl)cs2)=NN1c1ccc(F)cc1. The molecule has 3 aromatic rings. The first-order valence-electron chi connectivity index (χ1n) is 8.45. The van der Waals surface area contributed by atoms with Crippen molar-refractivity contribution in [3.63, 3.8) is 0 Å². The molecule has 1 aliphatic heterocycles. The number of thiophene rings is 1. The standard InChI is InChI=1S/C18H12Cl2FN5O2S2/c19-14-5-10(15(20)30-14)12-7-29-18(23-12)24-17(28)11-6-13(16(22)27)26(25-11)9-3-1-8(21)2-4-9/h1-5,7,13H,6H2,(H2,22,27)(H,23,24,28)/t13-/m0/s1. The Morgan fingerprint density at radius 3 is 2.63 bits per heavy atom. The number of thiazole rings is 1. The van der Waals surface area contributed by atoms with E-state index in [1.807, 2.05) is 0 Å². The summed E-state index contributed by atoms with van der Waals surface area (Å²) in [7, 11) is 0. The average molecular weight is 484 g/mol. The number of nitrogens with two attached hydrogens (primary N) is 1.